The van der Waals surface area contributed by atoms with Gasteiger partial charge in [-0.25, -0.2) is 0 Å². The lowest BCUT2D eigenvalue weighted by molar-refractivity contribution is -0.113. The first-order valence-corrected chi connectivity index (χ1v) is 11.5. The molecule has 0 aliphatic carbocycles. The van der Waals surface area contributed by atoms with E-state index in [-0.39, 0.29) is 5.91 Å². The highest BCUT2D eigenvalue weighted by Crippen LogP contribution is 2.26. The van der Waals surface area contributed by atoms with Crippen LogP contribution in [0.3, 0.4) is 0 Å². The molecule has 1 amide bonds. The van der Waals surface area contributed by atoms with Crippen LogP contribution in [0, 0.1) is 0 Å². The summed E-state index contributed by atoms with van der Waals surface area (Å²) < 4.78 is 1.94. The van der Waals surface area contributed by atoms with Gasteiger partial charge in [-0.05, 0) is 35.4 Å². The van der Waals surface area contributed by atoms with E-state index in [9.17, 15) is 4.79 Å². The van der Waals surface area contributed by atoms with E-state index in [4.69, 9.17) is 0 Å². The van der Waals surface area contributed by atoms with Crippen molar-refractivity contribution in [3.05, 3.63) is 59.2 Å². The number of aromatic nitrogens is 3. The Morgan fingerprint density at radius 3 is 2.23 bits per heavy atom. The van der Waals surface area contributed by atoms with Gasteiger partial charge in [-0.15, -0.1) is 10.2 Å². The van der Waals surface area contributed by atoms with E-state index in [2.05, 4.69) is 85.7 Å². The van der Waals surface area contributed by atoms with Crippen LogP contribution in [-0.4, -0.2) is 26.4 Å². The Balaban J connectivity index is 1.68. The van der Waals surface area contributed by atoms with Gasteiger partial charge in [-0.2, -0.15) is 0 Å². The number of rotatable bonds is 8. The highest BCUT2D eigenvalue weighted by Gasteiger charge is 2.15. The summed E-state index contributed by atoms with van der Waals surface area (Å²) in [5, 5.41) is 12.5. The molecule has 0 spiro atoms. The molecule has 0 fully saturated rings. The first-order valence-electron chi connectivity index (χ1n) is 10.5. The van der Waals surface area contributed by atoms with Crippen molar-refractivity contribution in [1.82, 2.24) is 14.8 Å². The molecule has 0 aliphatic rings. The van der Waals surface area contributed by atoms with Crippen LogP contribution in [0.5, 0.6) is 0 Å². The highest BCUT2D eigenvalue weighted by molar-refractivity contribution is 7.99. The lowest BCUT2D eigenvalue weighted by Gasteiger charge is -2.14. The summed E-state index contributed by atoms with van der Waals surface area (Å²) >= 11 is 1.40. The number of para-hydroxylation sites is 1. The van der Waals surface area contributed by atoms with Gasteiger partial charge in [-0.3, -0.25) is 4.79 Å². The van der Waals surface area contributed by atoms with Crippen LogP contribution in [-0.2, 0) is 24.7 Å². The van der Waals surface area contributed by atoms with Crippen molar-refractivity contribution >= 4 is 23.4 Å². The van der Waals surface area contributed by atoms with E-state index < -0.39 is 0 Å². The highest BCUT2D eigenvalue weighted by atomic mass is 32.2. The first-order chi connectivity index (χ1) is 14.4. The predicted octanol–water partition coefficient (Wildman–Crippen LogP) is 5.46. The molecule has 1 aromatic heterocycles. The summed E-state index contributed by atoms with van der Waals surface area (Å²) in [5.74, 6) is 1.56. The van der Waals surface area contributed by atoms with Crippen molar-refractivity contribution in [3.63, 3.8) is 0 Å². The zero-order valence-corrected chi connectivity index (χ0v) is 19.2. The van der Waals surface area contributed by atoms with E-state index in [0.29, 0.717) is 11.7 Å². The molecule has 5 nitrogen and oxygen atoms in total. The molecular formula is C24H30N4OS. The number of hydrogen-bond donors (Lipinski definition) is 1. The number of nitrogens with zero attached hydrogens (tertiary/aromatic N) is 3. The van der Waals surface area contributed by atoms with Crippen LogP contribution in [0.1, 0.15) is 50.3 Å². The molecule has 0 radical (unpaired) electrons. The Bertz CT molecular complexity index is 986. The molecule has 3 rings (SSSR count). The summed E-state index contributed by atoms with van der Waals surface area (Å²) in [7, 11) is 1.94. The monoisotopic (exact) mass is 422 g/mol. The second-order valence-electron chi connectivity index (χ2n) is 7.64. The fraction of sp³-hybridized carbons (Fsp3) is 0.375. The maximum absolute atomic E-state index is 12.6. The normalized spacial score (nSPS) is 11.1. The number of carbonyl (C=O) groups excluding carboxylic acids is 1. The SMILES string of the molecule is CCc1cccc(CC)c1NC(=O)CSc1nnc(-c2ccc(C(C)C)cc2)n1C. The molecule has 0 unspecified atom stereocenters. The first kappa shape index (κ1) is 22.1. The molecule has 6 heteroatoms. The fourth-order valence-corrected chi connectivity index (χ4v) is 4.13. The zero-order chi connectivity index (χ0) is 21.7. The molecule has 1 heterocycles. The summed E-state index contributed by atoms with van der Waals surface area (Å²) in [6.07, 6.45) is 1.78. The standard InChI is InChI=1S/C24H30N4OS/c1-6-17-9-8-10-18(7-2)22(17)25-21(29)15-30-24-27-26-23(28(24)5)20-13-11-19(12-14-20)16(3)4/h8-14,16H,6-7,15H2,1-5H3,(H,25,29). The van der Waals surface area contributed by atoms with E-state index in [0.717, 1.165) is 35.1 Å². The molecule has 0 saturated heterocycles. The molecule has 0 saturated carbocycles. The van der Waals surface area contributed by atoms with Crippen molar-refractivity contribution < 1.29 is 4.79 Å². The molecule has 158 valence electrons. The number of nitrogens with one attached hydrogen (secondary N) is 1. The third-order valence-corrected chi connectivity index (χ3v) is 6.29. The van der Waals surface area contributed by atoms with Gasteiger partial charge in [0, 0.05) is 18.3 Å². The Morgan fingerprint density at radius 1 is 1.03 bits per heavy atom. The minimum absolute atomic E-state index is 0.0264. The van der Waals surface area contributed by atoms with Crippen molar-refractivity contribution in [2.75, 3.05) is 11.1 Å². The van der Waals surface area contributed by atoms with Crippen LogP contribution in [0.4, 0.5) is 5.69 Å². The van der Waals surface area contributed by atoms with Gasteiger partial charge in [0.05, 0.1) is 5.75 Å². The molecule has 1 N–H and O–H groups in total. The Kier molecular flexibility index (Phi) is 7.32. The number of anilines is 1. The van der Waals surface area contributed by atoms with Gasteiger partial charge in [0.1, 0.15) is 0 Å². The van der Waals surface area contributed by atoms with Crippen LogP contribution >= 0.6 is 11.8 Å². The lowest BCUT2D eigenvalue weighted by atomic mass is 10.0. The maximum Gasteiger partial charge on any atom is 0.234 e. The quantitative estimate of drug-likeness (QED) is 0.490. The topological polar surface area (TPSA) is 59.8 Å². The van der Waals surface area contributed by atoms with Crippen molar-refractivity contribution in [2.45, 2.75) is 51.6 Å². The summed E-state index contributed by atoms with van der Waals surface area (Å²) in [6, 6.07) is 14.6. The van der Waals surface area contributed by atoms with Crippen LogP contribution in [0.25, 0.3) is 11.4 Å². The average molecular weight is 423 g/mol. The van der Waals surface area contributed by atoms with Gasteiger partial charge in [0.15, 0.2) is 11.0 Å². The van der Waals surface area contributed by atoms with E-state index >= 15 is 0 Å². The number of carbonyl (C=O) groups is 1. The van der Waals surface area contributed by atoms with Crippen LogP contribution < -0.4 is 5.32 Å². The fourth-order valence-electron chi connectivity index (χ4n) is 3.42. The predicted molar refractivity (Wildman–Crippen MR) is 125 cm³/mol. The van der Waals surface area contributed by atoms with E-state index in [1.54, 1.807) is 0 Å². The average Bonchev–Trinajstić information content (AvgIpc) is 3.12. The summed E-state index contributed by atoms with van der Waals surface area (Å²) in [4.78, 5) is 12.6. The van der Waals surface area contributed by atoms with Gasteiger partial charge in [-0.1, -0.05) is 81.9 Å². The second kappa shape index (κ2) is 9.94. The number of thioether (sulfide) groups is 1. The van der Waals surface area contributed by atoms with E-state index in [1.807, 2.05) is 11.6 Å². The molecule has 30 heavy (non-hydrogen) atoms. The minimum Gasteiger partial charge on any atom is -0.325 e. The van der Waals surface area contributed by atoms with Gasteiger partial charge < -0.3 is 9.88 Å². The molecule has 3 aromatic rings. The molecule has 0 bridgehead atoms. The number of amides is 1. The van der Waals surface area contributed by atoms with Crippen molar-refractivity contribution in [2.24, 2.45) is 7.05 Å². The molecule has 0 aliphatic heterocycles. The zero-order valence-electron chi connectivity index (χ0n) is 18.4. The van der Waals surface area contributed by atoms with Crippen LogP contribution in [0.2, 0.25) is 0 Å². The number of benzene rings is 2. The lowest BCUT2D eigenvalue weighted by Crippen LogP contribution is -2.17. The number of aryl methyl sites for hydroxylation is 2. The maximum atomic E-state index is 12.6. The molecular weight excluding hydrogens is 392 g/mol. The Hall–Kier alpha value is -2.60. The third kappa shape index (κ3) is 4.93. The molecule has 0 atom stereocenters. The Morgan fingerprint density at radius 2 is 1.67 bits per heavy atom. The largest absolute Gasteiger partial charge is 0.325 e. The molecule has 2 aromatic carbocycles. The minimum atomic E-state index is -0.0264. The third-order valence-electron chi connectivity index (χ3n) is 5.27. The second-order valence-corrected chi connectivity index (χ2v) is 8.58. The Labute approximate surface area is 183 Å². The van der Waals surface area contributed by atoms with Crippen LogP contribution in [0.15, 0.2) is 47.6 Å². The van der Waals surface area contributed by atoms with E-state index in [1.165, 1.54) is 28.5 Å². The summed E-state index contributed by atoms with van der Waals surface area (Å²) in [6.45, 7) is 8.57. The van der Waals surface area contributed by atoms with Gasteiger partial charge in [0.25, 0.3) is 0 Å². The van der Waals surface area contributed by atoms with Crippen molar-refractivity contribution in [1.29, 1.82) is 0 Å². The van der Waals surface area contributed by atoms with Crippen molar-refractivity contribution in [3.8, 4) is 11.4 Å². The summed E-state index contributed by atoms with van der Waals surface area (Å²) in [5.41, 5.74) is 5.61. The smallest absolute Gasteiger partial charge is 0.234 e. The van der Waals surface area contributed by atoms with Gasteiger partial charge in [0.2, 0.25) is 5.91 Å². The van der Waals surface area contributed by atoms with Gasteiger partial charge >= 0.3 is 0 Å². The number of hydrogen-bond acceptors (Lipinski definition) is 4.